The van der Waals surface area contributed by atoms with E-state index in [4.69, 9.17) is 0 Å². The normalized spacial score (nSPS) is 14.0. The standard InChI is InChI=1S/C34H40N6O4/c1-21-26(8-7-9-27(21)36-31(42)22-10-12-24(13-11-22)34(2,3)4)23-18-28(32(43)38(5)20-23)35-30-19-29(39(6)37-30)33(44)40-16-14-25(41)15-17-40/h7-13,18-20,25,41H,14-17H2,1-6H3,(H,35,37)(H,36,42). The molecule has 2 aromatic carbocycles. The van der Waals surface area contributed by atoms with Gasteiger partial charge in [-0.3, -0.25) is 19.1 Å². The molecular weight excluding hydrogens is 556 g/mol. The van der Waals surface area contributed by atoms with E-state index in [0.29, 0.717) is 54.4 Å². The summed E-state index contributed by atoms with van der Waals surface area (Å²) in [5.41, 5.74) is 5.33. The molecule has 1 aliphatic heterocycles. The molecule has 1 saturated heterocycles. The average molecular weight is 597 g/mol. The first-order valence-electron chi connectivity index (χ1n) is 14.8. The van der Waals surface area contributed by atoms with Crippen molar-refractivity contribution < 1.29 is 14.7 Å². The summed E-state index contributed by atoms with van der Waals surface area (Å²) in [6.45, 7) is 9.31. The maximum absolute atomic E-state index is 13.1. The number of anilines is 3. The van der Waals surface area contributed by atoms with Crippen molar-refractivity contribution in [2.24, 2.45) is 14.1 Å². The number of aliphatic hydroxyl groups excluding tert-OH is 1. The number of amides is 2. The summed E-state index contributed by atoms with van der Waals surface area (Å²) < 4.78 is 2.99. The second-order valence-electron chi connectivity index (χ2n) is 12.5. The highest BCUT2D eigenvalue weighted by molar-refractivity contribution is 6.05. The number of hydrogen-bond donors (Lipinski definition) is 3. The summed E-state index contributed by atoms with van der Waals surface area (Å²) >= 11 is 0. The Balaban J connectivity index is 1.38. The van der Waals surface area contributed by atoms with E-state index in [1.165, 1.54) is 9.25 Å². The lowest BCUT2D eigenvalue weighted by molar-refractivity contribution is 0.0537. The van der Waals surface area contributed by atoms with Crippen LogP contribution in [0.1, 0.15) is 65.6 Å². The summed E-state index contributed by atoms with van der Waals surface area (Å²) in [7, 11) is 3.37. The van der Waals surface area contributed by atoms with Gasteiger partial charge in [-0.05, 0) is 66.1 Å². The zero-order valence-electron chi connectivity index (χ0n) is 26.1. The number of nitrogens with zero attached hydrogens (tertiary/aromatic N) is 4. The first-order valence-corrected chi connectivity index (χ1v) is 14.8. The van der Waals surface area contributed by atoms with E-state index < -0.39 is 0 Å². The molecule has 1 aliphatic rings. The molecule has 44 heavy (non-hydrogen) atoms. The van der Waals surface area contributed by atoms with E-state index in [1.54, 1.807) is 37.3 Å². The number of rotatable bonds is 6. The van der Waals surface area contributed by atoms with E-state index in [-0.39, 0.29) is 28.9 Å². The monoisotopic (exact) mass is 596 g/mol. The molecule has 1 fully saturated rings. The van der Waals surface area contributed by atoms with Gasteiger partial charge in [-0.15, -0.1) is 0 Å². The second-order valence-corrected chi connectivity index (χ2v) is 12.5. The predicted molar refractivity (Wildman–Crippen MR) is 173 cm³/mol. The van der Waals surface area contributed by atoms with Gasteiger partial charge in [0.05, 0.1) is 6.10 Å². The van der Waals surface area contributed by atoms with E-state index in [9.17, 15) is 19.5 Å². The molecule has 10 nitrogen and oxygen atoms in total. The van der Waals surface area contributed by atoms with Crippen molar-refractivity contribution in [3.8, 4) is 11.1 Å². The van der Waals surface area contributed by atoms with Gasteiger partial charge in [0, 0.05) is 56.3 Å². The van der Waals surface area contributed by atoms with Gasteiger partial charge in [0.15, 0.2) is 5.82 Å². The molecule has 0 aliphatic carbocycles. The summed E-state index contributed by atoms with van der Waals surface area (Å²) in [4.78, 5) is 41.0. The fourth-order valence-corrected chi connectivity index (χ4v) is 5.45. The van der Waals surface area contributed by atoms with Gasteiger partial charge < -0.3 is 25.2 Å². The Bertz CT molecular complexity index is 1760. The van der Waals surface area contributed by atoms with Crippen LogP contribution >= 0.6 is 0 Å². The minimum Gasteiger partial charge on any atom is -0.393 e. The summed E-state index contributed by atoms with van der Waals surface area (Å²) in [6, 6.07) is 16.7. The van der Waals surface area contributed by atoms with Crippen LogP contribution < -0.4 is 16.2 Å². The topological polar surface area (TPSA) is 121 Å². The van der Waals surface area contributed by atoms with Crippen LogP contribution in [0.5, 0.6) is 0 Å². The number of hydrogen-bond acceptors (Lipinski definition) is 6. The molecule has 5 rings (SSSR count). The van der Waals surface area contributed by atoms with E-state index in [2.05, 4.69) is 36.5 Å². The van der Waals surface area contributed by atoms with Crippen molar-refractivity contribution in [2.75, 3.05) is 23.7 Å². The van der Waals surface area contributed by atoms with Crippen LogP contribution in [0.2, 0.25) is 0 Å². The van der Waals surface area contributed by atoms with Crippen LogP contribution in [0.15, 0.2) is 65.6 Å². The van der Waals surface area contributed by atoms with Crippen molar-refractivity contribution >= 4 is 29.0 Å². The summed E-state index contributed by atoms with van der Waals surface area (Å²) in [6.07, 6.45) is 2.47. The molecule has 4 aromatic rings. The number of aryl methyl sites for hydroxylation is 2. The number of aromatic nitrogens is 3. The van der Waals surface area contributed by atoms with Gasteiger partial charge in [-0.25, -0.2) is 0 Å². The number of carbonyl (C=O) groups is 2. The number of nitrogens with one attached hydrogen (secondary N) is 2. The number of carbonyl (C=O) groups excluding carboxylic acids is 2. The van der Waals surface area contributed by atoms with Gasteiger partial charge in [0.1, 0.15) is 11.4 Å². The molecule has 2 aromatic heterocycles. The Labute approximate surface area is 257 Å². The fourth-order valence-electron chi connectivity index (χ4n) is 5.45. The van der Waals surface area contributed by atoms with E-state index in [0.717, 1.165) is 22.3 Å². The van der Waals surface area contributed by atoms with Gasteiger partial charge in [0.25, 0.3) is 17.4 Å². The molecule has 3 heterocycles. The first kappa shape index (κ1) is 30.7. The molecule has 0 atom stereocenters. The molecule has 0 bridgehead atoms. The summed E-state index contributed by atoms with van der Waals surface area (Å²) in [5.74, 6) is 0.00774. The molecule has 0 unspecified atom stereocenters. The quantitative estimate of drug-likeness (QED) is 0.289. The Morgan fingerprint density at radius 1 is 0.977 bits per heavy atom. The predicted octanol–water partition coefficient (Wildman–Crippen LogP) is 4.98. The highest BCUT2D eigenvalue weighted by Crippen LogP contribution is 2.30. The van der Waals surface area contributed by atoms with Gasteiger partial charge >= 0.3 is 0 Å². The number of aliphatic hydroxyl groups is 1. The van der Waals surface area contributed by atoms with Crippen LogP contribution in [-0.4, -0.2) is 55.4 Å². The number of pyridine rings is 1. The maximum Gasteiger partial charge on any atom is 0.274 e. The van der Waals surface area contributed by atoms with Crippen LogP contribution in [0.25, 0.3) is 11.1 Å². The first-order chi connectivity index (χ1) is 20.8. The second kappa shape index (κ2) is 12.1. The van der Waals surface area contributed by atoms with Crippen LogP contribution in [-0.2, 0) is 19.5 Å². The Kier molecular flexibility index (Phi) is 8.47. The number of piperidine rings is 1. The third-order valence-corrected chi connectivity index (χ3v) is 8.20. The SMILES string of the molecule is Cc1c(NC(=O)c2ccc(C(C)(C)C)cc2)cccc1-c1cc(Nc2cc(C(=O)N3CCC(O)CC3)n(C)n2)c(=O)n(C)c1. The minimum atomic E-state index is -0.377. The van der Waals surface area contributed by atoms with E-state index >= 15 is 0 Å². The molecule has 2 amide bonds. The van der Waals surface area contributed by atoms with Crippen molar-refractivity contribution in [2.45, 2.75) is 52.1 Å². The highest BCUT2D eigenvalue weighted by atomic mass is 16.3. The third kappa shape index (κ3) is 6.45. The fraction of sp³-hybridized carbons (Fsp3) is 0.353. The largest absolute Gasteiger partial charge is 0.393 e. The van der Waals surface area contributed by atoms with Crippen molar-refractivity contribution in [1.29, 1.82) is 0 Å². The highest BCUT2D eigenvalue weighted by Gasteiger charge is 2.25. The smallest absolute Gasteiger partial charge is 0.274 e. The van der Waals surface area contributed by atoms with Crippen LogP contribution in [0.3, 0.4) is 0 Å². The molecule has 10 heteroatoms. The summed E-state index contributed by atoms with van der Waals surface area (Å²) in [5, 5.41) is 20.4. The lowest BCUT2D eigenvalue weighted by Crippen LogP contribution is -2.40. The van der Waals surface area contributed by atoms with E-state index in [1.807, 2.05) is 49.4 Å². The number of benzene rings is 2. The average Bonchev–Trinajstić information content (AvgIpc) is 3.35. The van der Waals surface area contributed by atoms with Gasteiger partial charge in [-0.2, -0.15) is 5.10 Å². The van der Waals surface area contributed by atoms with Crippen LogP contribution in [0, 0.1) is 6.92 Å². The van der Waals surface area contributed by atoms with Crippen molar-refractivity contribution in [3.05, 3.63) is 93.5 Å². The molecule has 0 saturated carbocycles. The zero-order valence-corrected chi connectivity index (χ0v) is 26.1. The minimum absolute atomic E-state index is 0.00190. The van der Waals surface area contributed by atoms with Crippen molar-refractivity contribution in [3.63, 3.8) is 0 Å². The maximum atomic E-state index is 13.1. The van der Waals surface area contributed by atoms with Crippen LogP contribution in [0.4, 0.5) is 17.2 Å². The Morgan fingerprint density at radius 2 is 1.66 bits per heavy atom. The lowest BCUT2D eigenvalue weighted by atomic mass is 9.86. The molecule has 3 N–H and O–H groups in total. The van der Waals surface area contributed by atoms with Gasteiger partial charge in [-0.1, -0.05) is 45.0 Å². The molecule has 0 radical (unpaired) electrons. The Hall–Kier alpha value is -4.70. The zero-order chi connectivity index (χ0) is 31.8. The van der Waals surface area contributed by atoms with Crippen molar-refractivity contribution in [1.82, 2.24) is 19.2 Å². The molecule has 230 valence electrons. The lowest BCUT2D eigenvalue weighted by Gasteiger charge is -2.29. The molecule has 0 spiro atoms. The van der Waals surface area contributed by atoms with Gasteiger partial charge in [0.2, 0.25) is 0 Å². The molecular formula is C34H40N6O4. The Morgan fingerprint density at radius 3 is 2.32 bits per heavy atom. The number of likely N-dealkylation sites (tertiary alicyclic amines) is 1. The third-order valence-electron chi connectivity index (χ3n) is 8.20.